The number of pyridine rings is 2. The van der Waals surface area contributed by atoms with Crippen molar-refractivity contribution >= 4 is 11.7 Å². The van der Waals surface area contributed by atoms with Gasteiger partial charge in [0, 0.05) is 37.8 Å². The second-order valence-electron chi connectivity index (χ2n) is 6.48. The van der Waals surface area contributed by atoms with Gasteiger partial charge in [-0.3, -0.25) is 9.78 Å². The number of nitrogens with zero attached hydrogens (tertiary/aromatic N) is 2. The minimum absolute atomic E-state index is 0.0966. The van der Waals surface area contributed by atoms with Crippen LogP contribution >= 0.6 is 0 Å². The van der Waals surface area contributed by atoms with E-state index in [1.165, 1.54) is 6.42 Å². The van der Waals surface area contributed by atoms with Gasteiger partial charge in [0.05, 0.1) is 11.7 Å². The fourth-order valence-corrected chi connectivity index (χ4v) is 2.94. The van der Waals surface area contributed by atoms with Gasteiger partial charge in [0.15, 0.2) is 0 Å². The van der Waals surface area contributed by atoms with Crippen LogP contribution in [0.1, 0.15) is 41.7 Å². The zero-order valence-electron chi connectivity index (χ0n) is 15.0. The maximum Gasteiger partial charge on any atom is 0.252 e. The molecule has 3 rings (SSSR count). The first-order valence-electron chi connectivity index (χ1n) is 9.31. The Morgan fingerprint density at radius 3 is 2.88 bits per heavy atom. The van der Waals surface area contributed by atoms with Gasteiger partial charge >= 0.3 is 0 Å². The van der Waals surface area contributed by atoms with E-state index in [0.717, 1.165) is 50.3 Å². The van der Waals surface area contributed by atoms with Gasteiger partial charge in [-0.05, 0) is 56.4 Å². The molecule has 3 heterocycles. The summed E-state index contributed by atoms with van der Waals surface area (Å²) >= 11 is 0. The van der Waals surface area contributed by atoms with Gasteiger partial charge in [-0.2, -0.15) is 0 Å². The third-order valence-electron chi connectivity index (χ3n) is 4.43. The normalized spacial score (nSPS) is 16.8. The third kappa shape index (κ3) is 5.81. The largest absolute Gasteiger partial charge is 0.376 e. The Balaban J connectivity index is 1.37. The van der Waals surface area contributed by atoms with Crippen molar-refractivity contribution in [1.29, 1.82) is 0 Å². The smallest absolute Gasteiger partial charge is 0.252 e. The van der Waals surface area contributed by atoms with E-state index in [4.69, 9.17) is 4.74 Å². The van der Waals surface area contributed by atoms with E-state index in [0.29, 0.717) is 12.1 Å². The van der Waals surface area contributed by atoms with Gasteiger partial charge in [0.2, 0.25) is 0 Å². The van der Waals surface area contributed by atoms with Crippen LogP contribution < -0.4 is 10.6 Å². The molecule has 2 aromatic heterocycles. The van der Waals surface area contributed by atoms with Crippen LogP contribution in [0.4, 0.5) is 5.82 Å². The van der Waals surface area contributed by atoms with Crippen molar-refractivity contribution < 1.29 is 9.53 Å². The standard InChI is InChI=1S/C20H26N4O2/c25-20(22-12-5-7-17-6-1-3-11-21-17)16-9-10-19(23-14-16)24-15-18-8-2-4-13-26-18/h1,3,6,9-11,14,18H,2,4-5,7-8,12-13,15H2,(H,22,25)(H,23,24)/t18-/m1/s1. The highest BCUT2D eigenvalue weighted by molar-refractivity contribution is 5.94. The zero-order chi connectivity index (χ0) is 18.0. The minimum Gasteiger partial charge on any atom is -0.376 e. The van der Waals surface area contributed by atoms with E-state index in [1.807, 2.05) is 24.3 Å². The Morgan fingerprint density at radius 1 is 1.19 bits per heavy atom. The highest BCUT2D eigenvalue weighted by Gasteiger charge is 2.13. The molecule has 26 heavy (non-hydrogen) atoms. The van der Waals surface area contributed by atoms with Crippen molar-refractivity contribution in [3.63, 3.8) is 0 Å². The molecule has 1 atom stereocenters. The monoisotopic (exact) mass is 354 g/mol. The zero-order valence-corrected chi connectivity index (χ0v) is 15.0. The molecule has 138 valence electrons. The van der Waals surface area contributed by atoms with Crippen molar-refractivity contribution in [2.45, 2.75) is 38.2 Å². The van der Waals surface area contributed by atoms with Crippen LogP contribution in [-0.2, 0) is 11.2 Å². The number of ether oxygens (including phenoxy) is 1. The van der Waals surface area contributed by atoms with Crippen LogP contribution in [0.3, 0.4) is 0 Å². The van der Waals surface area contributed by atoms with Gasteiger partial charge in [0.1, 0.15) is 5.82 Å². The summed E-state index contributed by atoms with van der Waals surface area (Å²) in [5.41, 5.74) is 1.61. The molecule has 2 aromatic rings. The lowest BCUT2D eigenvalue weighted by Gasteiger charge is -2.22. The van der Waals surface area contributed by atoms with E-state index in [2.05, 4.69) is 20.6 Å². The second-order valence-corrected chi connectivity index (χ2v) is 6.48. The molecule has 0 radical (unpaired) electrons. The van der Waals surface area contributed by atoms with Gasteiger partial charge in [-0.25, -0.2) is 4.98 Å². The number of carbonyl (C=O) groups is 1. The molecule has 6 heteroatoms. The fourth-order valence-electron chi connectivity index (χ4n) is 2.94. The molecule has 6 nitrogen and oxygen atoms in total. The Kier molecular flexibility index (Phi) is 6.96. The Bertz CT molecular complexity index is 670. The lowest BCUT2D eigenvalue weighted by Crippen LogP contribution is -2.27. The molecular weight excluding hydrogens is 328 g/mol. The first kappa shape index (κ1) is 18.3. The lowest BCUT2D eigenvalue weighted by molar-refractivity contribution is 0.0247. The second kappa shape index (κ2) is 9.87. The summed E-state index contributed by atoms with van der Waals surface area (Å²) in [6, 6.07) is 9.51. The average molecular weight is 354 g/mol. The highest BCUT2D eigenvalue weighted by Crippen LogP contribution is 2.13. The van der Waals surface area contributed by atoms with Crippen molar-refractivity contribution in [1.82, 2.24) is 15.3 Å². The molecule has 2 N–H and O–H groups in total. The van der Waals surface area contributed by atoms with E-state index >= 15 is 0 Å². The van der Waals surface area contributed by atoms with E-state index < -0.39 is 0 Å². The third-order valence-corrected chi connectivity index (χ3v) is 4.43. The van der Waals surface area contributed by atoms with Crippen molar-refractivity contribution in [2.24, 2.45) is 0 Å². The molecular formula is C20H26N4O2. The number of aromatic nitrogens is 2. The molecule has 1 fully saturated rings. The summed E-state index contributed by atoms with van der Waals surface area (Å²) in [5.74, 6) is 0.673. The Hall–Kier alpha value is -2.47. The SMILES string of the molecule is O=C(NCCCc1ccccn1)c1ccc(NC[C@H]2CCCCO2)nc1. The summed E-state index contributed by atoms with van der Waals surface area (Å²) in [7, 11) is 0. The Labute approximate surface area is 154 Å². The highest BCUT2D eigenvalue weighted by atomic mass is 16.5. The average Bonchev–Trinajstić information content (AvgIpc) is 2.71. The first-order valence-corrected chi connectivity index (χ1v) is 9.31. The van der Waals surface area contributed by atoms with Gasteiger partial charge in [-0.15, -0.1) is 0 Å². The molecule has 0 spiro atoms. The summed E-state index contributed by atoms with van der Waals surface area (Å²) < 4.78 is 5.69. The topological polar surface area (TPSA) is 76.1 Å². The first-order chi connectivity index (χ1) is 12.8. The number of hydrogen-bond acceptors (Lipinski definition) is 5. The Morgan fingerprint density at radius 2 is 2.15 bits per heavy atom. The number of hydrogen-bond donors (Lipinski definition) is 2. The van der Waals surface area contributed by atoms with Crippen molar-refractivity contribution in [2.75, 3.05) is 25.0 Å². The predicted octanol–water partition coefficient (Wildman–Crippen LogP) is 2.82. The van der Waals surface area contributed by atoms with Crippen LogP contribution in [0.25, 0.3) is 0 Å². The van der Waals surface area contributed by atoms with Crippen LogP contribution in [0, 0.1) is 0 Å². The molecule has 0 bridgehead atoms. The van der Waals surface area contributed by atoms with Gasteiger partial charge in [0.25, 0.3) is 5.91 Å². The lowest BCUT2D eigenvalue weighted by atomic mass is 10.1. The summed E-state index contributed by atoms with van der Waals surface area (Å²) in [6.45, 7) is 2.22. The van der Waals surface area contributed by atoms with Crippen molar-refractivity contribution in [3.8, 4) is 0 Å². The maximum absolute atomic E-state index is 12.2. The number of amides is 1. The number of anilines is 1. The van der Waals surface area contributed by atoms with E-state index in [-0.39, 0.29) is 12.0 Å². The molecule has 1 aliphatic rings. The van der Waals surface area contributed by atoms with Gasteiger partial charge < -0.3 is 15.4 Å². The molecule has 1 aliphatic heterocycles. The number of rotatable bonds is 8. The van der Waals surface area contributed by atoms with Crippen LogP contribution in [0.5, 0.6) is 0 Å². The van der Waals surface area contributed by atoms with Crippen LogP contribution in [0.2, 0.25) is 0 Å². The van der Waals surface area contributed by atoms with Crippen LogP contribution in [-0.4, -0.2) is 41.7 Å². The summed E-state index contributed by atoms with van der Waals surface area (Å²) in [5, 5.41) is 6.20. The number of nitrogens with one attached hydrogen (secondary N) is 2. The molecule has 1 saturated heterocycles. The van der Waals surface area contributed by atoms with Gasteiger partial charge in [-0.1, -0.05) is 6.07 Å². The molecule has 0 unspecified atom stereocenters. The molecule has 1 amide bonds. The summed E-state index contributed by atoms with van der Waals surface area (Å²) in [4.78, 5) is 20.8. The number of aryl methyl sites for hydroxylation is 1. The molecule has 0 aromatic carbocycles. The quantitative estimate of drug-likeness (QED) is 0.713. The predicted molar refractivity (Wildman–Crippen MR) is 101 cm³/mol. The summed E-state index contributed by atoms with van der Waals surface area (Å²) in [6.07, 6.45) is 8.83. The van der Waals surface area contributed by atoms with Crippen molar-refractivity contribution in [3.05, 3.63) is 54.0 Å². The van der Waals surface area contributed by atoms with E-state index in [9.17, 15) is 4.79 Å². The number of carbonyl (C=O) groups excluding carboxylic acids is 1. The van der Waals surface area contributed by atoms with E-state index in [1.54, 1.807) is 18.5 Å². The minimum atomic E-state index is -0.0966. The maximum atomic E-state index is 12.2. The van der Waals surface area contributed by atoms with Crippen LogP contribution in [0.15, 0.2) is 42.7 Å². The molecule has 0 saturated carbocycles. The fraction of sp³-hybridized carbons (Fsp3) is 0.450. The molecule has 0 aliphatic carbocycles.